The third kappa shape index (κ3) is 5.82. The van der Waals surface area contributed by atoms with E-state index in [0.29, 0.717) is 53.9 Å². The highest BCUT2D eigenvalue weighted by atomic mass is 19.1. The third-order valence-electron chi connectivity index (χ3n) is 9.72. The molecule has 4 fully saturated rings. The third-order valence-corrected chi connectivity index (χ3v) is 9.72. The minimum absolute atomic E-state index is 0.173. The molecule has 8 heteroatoms. The molecule has 2 aromatic carbocycles. The molecular formula is C32H44FN5O2. The molecule has 3 aliphatic carbocycles. The van der Waals surface area contributed by atoms with Crippen molar-refractivity contribution in [2.75, 3.05) is 38.7 Å². The van der Waals surface area contributed by atoms with Gasteiger partial charge in [-0.25, -0.2) is 4.39 Å². The van der Waals surface area contributed by atoms with Gasteiger partial charge in [0.25, 0.3) is 5.91 Å². The van der Waals surface area contributed by atoms with E-state index in [1.165, 1.54) is 26.0 Å². The maximum Gasteiger partial charge on any atom is 0.251 e. The number of nitrogens with one attached hydrogen (secondary N) is 3. The maximum atomic E-state index is 14.1. The van der Waals surface area contributed by atoms with Crippen LogP contribution in [-0.2, 0) is 6.42 Å². The van der Waals surface area contributed by atoms with Crippen LogP contribution in [0.25, 0.3) is 0 Å². The fourth-order valence-corrected chi connectivity index (χ4v) is 6.91. The number of rotatable bonds is 9. The average molecular weight is 550 g/mol. The normalized spacial score (nSPS) is 28.1. The highest BCUT2D eigenvalue weighted by Crippen LogP contribution is 2.61. The van der Waals surface area contributed by atoms with Crippen LogP contribution in [0.1, 0.15) is 56.5 Å². The summed E-state index contributed by atoms with van der Waals surface area (Å²) in [6, 6.07) is 12.9. The lowest BCUT2D eigenvalue weighted by Gasteiger charge is -2.61. The van der Waals surface area contributed by atoms with Crippen molar-refractivity contribution in [2.24, 2.45) is 28.2 Å². The van der Waals surface area contributed by atoms with Crippen LogP contribution in [0.5, 0.6) is 5.75 Å². The van der Waals surface area contributed by atoms with E-state index >= 15 is 0 Å². The number of halogens is 1. The molecule has 0 aromatic heterocycles. The lowest BCUT2D eigenvalue weighted by Crippen LogP contribution is -2.58. The smallest absolute Gasteiger partial charge is 0.251 e. The predicted octanol–water partition coefficient (Wildman–Crippen LogP) is 4.94. The zero-order chi connectivity index (χ0) is 28.4. The number of amidine groups is 1. The first kappa shape index (κ1) is 28.4. The zero-order valence-corrected chi connectivity index (χ0v) is 24.5. The number of aliphatic imine (C=N–C) groups is 1. The van der Waals surface area contributed by atoms with Gasteiger partial charge in [-0.15, -0.1) is 0 Å². The second-order valence-electron chi connectivity index (χ2n) is 12.3. The number of fused-ring (bicyclic) bond motifs is 2. The number of hydrogen-bond acceptors (Lipinski definition) is 5. The van der Waals surface area contributed by atoms with Crippen molar-refractivity contribution in [3.05, 3.63) is 59.4 Å². The quantitative estimate of drug-likeness (QED) is 0.413. The number of benzene rings is 2. The first-order valence-corrected chi connectivity index (χ1v) is 14.7. The second kappa shape index (κ2) is 11.8. The number of carbonyl (C=O) groups excluding carboxylic acids is 1. The van der Waals surface area contributed by atoms with E-state index in [1.54, 1.807) is 12.1 Å². The van der Waals surface area contributed by atoms with Crippen molar-refractivity contribution in [1.82, 2.24) is 15.5 Å². The number of anilines is 1. The van der Waals surface area contributed by atoms with Gasteiger partial charge in [0.2, 0.25) is 0 Å². The van der Waals surface area contributed by atoms with Gasteiger partial charge in [-0.05, 0) is 85.3 Å². The second-order valence-corrected chi connectivity index (χ2v) is 12.3. The maximum absolute atomic E-state index is 14.1. The Morgan fingerprint density at radius 1 is 1.18 bits per heavy atom. The molecule has 1 aliphatic heterocycles. The van der Waals surface area contributed by atoms with E-state index in [9.17, 15) is 9.18 Å². The molecule has 40 heavy (non-hydrogen) atoms. The van der Waals surface area contributed by atoms with Crippen molar-refractivity contribution < 1.29 is 13.9 Å². The Balaban J connectivity index is 1.14. The van der Waals surface area contributed by atoms with E-state index in [4.69, 9.17) is 9.73 Å². The zero-order valence-electron chi connectivity index (χ0n) is 24.5. The van der Waals surface area contributed by atoms with Crippen LogP contribution in [-0.4, -0.2) is 62.1 Å². The van der Waals surface area contributed by atoms with Crippen LogP contribution in [0.15, 0.2) is 47.5 Å². The standard InChI is InChI=1S/C32H44FN5O2/c1-20-27-16-24(32(27,3)4)17-29(20)37-30-21(2)34-14-15-38(30)19-36-25-9-6-23(7-10-25)31(39)35-13-12-22-8-11-26(40-5)18-28(22)33/h6-11,18,20-21,24,27,29,34,36H,12-17,19H2,1-5H3,(H,35,39)/b37-30+/t20-,21-,24+,27-,29?/m0/s1. The van der Waals surface area contributed by atoms with Crippen molar-refractivity contribution >= 4 is 17.4 Å². The molecule has 1 unspecified atom stereocenters. The van der Waals surface area contributed by atoms with Gasteiger partial charge in [-0.1, -0.05) is 26.8 Å². The SMILES string of the molecule is COc1ccc(CCNC(=O)c2ccc(NCN3CCN[C@@H](C)/C3=N\C3C[C@H]4C[C@@H]([C@@H]3C)C4(C)C)cc2)c(F)c1. The first-order chi connectivity index (χ1) is 19.2. The Bertz CT molecular complexity index is 1230. The van der Waals surface area contributed by atoms with Crippen LogP contribution >= 0.6 is 0 Å². The molecule has 4 aliphatic rings. The fraction of sp³-hybridized carbons (Fsp3) is 0.562. The Hall–Kier alpha value is -3.13. The summed E-state index contributed by atoms with van der Waals surface area (Å²) in [5, 5.41) is 9.99. The van der Waals surface area contributed by atoms with E-state index in [2.05, 4.69) is 48.5 Å². The molecule has 0 radical (unpaired) electrons. The molecule has 5 atom stereocenters. The highest BCUT2D eigenvalue weighted by Gasteiger charge is 2.56. The van der Waals surface area contributed by atoms with Gasteiger partial charge in [0, 0.05) is 37.0 Å². The van der Waals surface area contributed by atoms with Gasteiger partial charge < -0.3 is 25.6 Å². The van der Waals surface area contributed by atoms with Gasteiger partial charge >= 0.3 is 0 Å². The van der Waals surface area contributed by atoms with Gasteiger partial charge in [0.15, 0.2) is 0 Å². The average Bonchev–Trinajstić information content (AvgIpc) is 2.94. The van der Waals surface area contributed by atoms with E-state index < -0.39 is 0 Å². The summed E-state index contributed by atoms with van der Waals surface area (Å²) in [5.41, 5.74) is 2.54. The van der Waals surface area contributed by atoms with Crippen molar-refractivity contribution in [3.8, 4) is 5.75 Å². The van der Waals surface area contributed by atoms with Gasteiger partial charge in [0.1, 0.15) is 17.4 Å². The molecule has 1 saturated heterocycles. The van der Waals surface area contributed by atoms with Crippen LogP contribution in [0, 0.1) is 29.0 Å². The summed E-state index contributed by atoms with van der Waals surface area (Å²) in [4.78, 5) is 20.3. The summed E-state index contributed by atoms with van der Waals surface area (Å²) in [5.74, 6) is 3.32. The molecule has 1 amide bonds. The molecule has 216 valence electrons. The number of methoxy groups -OCH3 is 1. The van der Waals surface area contributed by atoms with Crippen molar-refractivity contribution in [1.29, 1.82) is 0 Å². The van der Waals surface area contributed by atoms with Crippen molar-refractivity contribution in [3.63, 3.8) is 0 Å². The summed E-state index contributed by atoms with van der Waals surface area (Å²) < 4.78 is 19.2. The summed E-state index contributed by atoms with van der Waals surface area (Å²) >= 11 is 0. The number of ether oxygens (including phenoxy) is 1. The van der Waals surface area contributed by atoms with Crippen LogP contribution < -0.4 is 20.7 Å². The number of piperazine rings is 1. The van der Waals surface area contributed by atoms with Gasteiger partial charge in [-0.3, -0.25) is 9.79 Å². The van der Waals surface area contributed by atoms with Gasteiger partial charge in [0.05, 0.1) is 25.9 Å². The summed E-state index contributed by atoms with van der Waals surface area (Å²) in [6.07, 6.45) is 2.97. The number of nitrogens with zero attached hydrogens (tertiary/aromatic N) is 2. The molecule has 2 aromatic rings. The van der Waals surface area contributed by atoms with Crippen molar-refractivity contribution in [2.45, 2.75) is 59.0 Å². The van der Waals surface area contributed by atoms with Crippen LogP contribution in [0.4, 0.5) is 10.1 Å². The molecule has 3 N–H and O–H groups in total. The van der Waals surface area contributed by atoms with Crippen LogP contribution in [0.3, 0.4) is 0 Å². The molecular weight excluding hydrogens is 505 g/mol. The van der Waals surface area contributed by atoms with E-state index in [0.717, 1.165) is 36.4 Å². The Morgan fingerprint density at radius 3 is 2.62 bits per heavy atom. The Morgan fingerprint density at radius 2 is 1.95 bits per heavy atom. The number of hydrogen-bond donors (Lipinski definition) is 3. The fourth-order valence-electron chi connectivity index (χ4n) is 6.91. The number of carbonyl (C=O) groups is 1. The topological polar surface area (TPSA) is 78.0 Å². The van der Waals surface area contributed by atoms with E-state index in [1.807, 2.05) is 24.3 Å². The largest absolute Gasteiger partial charge is 0.497 e. The molecule has 0 spiro atoms. The highest BCUT2D eigenvalue weighted by molar-refractivity contribution is 5.94. The molecule has 7 nitrogen and oxygen atoms in total. The number of amides is 1. The Labute approximate surface area is 238 Å². The van der Waals surface area contributed by atoms with Crippen LogP contribution in [0.2, 0.25) is 0 Å². The minimum atomic E-state index is -0.329. The monoisotopic (exact) mass is 549 g/mol. The summed E-state index contributed by atoms with van der Waals surface area (Å²) in [7, 11) is 1.51. The lowest BCUT2D eigenvalue weighted by molar-refractivity contribution is -0.108. The van der Waals surface area contributed by atoms with Gasteiger partial charge in [-0.2, -0.15) is 0 Å². The summed E-state index contributed by atoms with van der Waals surface area (Å²) in [6.45, 7) is 12.3. The molecule has 2 bridgehead atoms. The minimum Gasteiger partial charge on any atom is -0.497 e. The molecule has 1 heterocycles. The predicted molar refractivity (Wildman–Crippen MR) is 158 cm³/mol. The lowest BCUT2D eigenvalue weighted by atomic mass is 9.45. The molecule has 3 saturated carbocycles. The Kier molecular flexibility index (Phi) is 8.36. The van der Waals surface area contributed by atoms with E-state index in [-0.39, 0.29) is 17.8 Å². The molecule has 6 rings (SSSR count). The first-order valence-electron chi connectivity index (χ1n) is 14.7.